The van der Waals surface area contributed by atoms with Gasteiger partial charge < -0.3 is 13.4 Å². The fourth-order valence-corrected chi connectivity index (χ4v) is 11.1. The molecule has 6 nitrogen and oxygen atoms in total. The number of furan rings is 2. The minimum atomic E-state index is 0.573. The van der Waals surface area contributed by atoms with Gasteiger partial charge in [-0.25, -0.2) is 15.0 Å². The van der Waals surface area contributed by atoms with E-state index in [-0.39, 0.29) is 0 Å². The van der Waals surface area contributed by atoms with Crippen molar-refractivity contribution in [3.8, 4) is 84.4 Å². The SMILES string of the molecule is c1ccc(-c2cc(-c3cccc4c3oc3ccccc34)cc(-c3cccc4c5ccccc5n(-c5cccc(-c6cccc(-c7nc(-c8ccccc8)nc(-c8ccc9c(c8)oc8ccccc89)n7)c6)c5)c34)c2)cc1. The molecule has 0 spiro atoms. The Morgan fingerprint density at radius 3 is 1.53 bits per heavy atom. The Kier molecular flexibility index (Phi) is 9.78. The number of para-hydroxylation sites is 5. The van der Waals surface area contributed by atoms with Crippen molar-refractivity contribution in [1.29, 1.82) is 0 Å². The van der Waals surface area contributed by atoms with E-state index in [2.05, 4.69) is 199 Å². The largest absolute Gasteiger partial charge is 0.456 e. The Labute approximate surface area is 431 Å². The molecule has 0 aliphatic heterocycles. The number of hydrogen-bond acceptors (Lipinski definition) is 5. The first-order valence-corrected chi connectivity index (χ1v) is 25.2. The summed E-state index contributed by atoms with van der Waals surface area (Å²) in [6.45, 7) is 0. The third kappa shape index (κ3) is 7.22. The highest BCUT2D eigenvalue weighted by atomic mass is 16.3. The van der Waals surface area contributed by atoms with Crippen LogP contribution in [0.2, 0.25) is 0 Å². The molecule has 0 atom stereocenters. The third-order valence-electron chi connectivity index (χ3n) is 14.6. The summed E-state index contributed by atoms with van der Waals surface area (Å²) in [7, 11) is 0. The van der Waals surface area contributed by atoms with E-state index in [0.717, 1.165) is 122 Å². The molecule has 11 aromatic carbocycles. The van der Waals surface area contributed by atoms with Gasteiger partial charge in [0.25, 0.3) is 0 Å². The Hall–Kier alpha value is -10.2. The molecular weight excluding hydrogens is 917 g/mol. The fourth-order valence-electron chi connectivity index (χ4n) is 11.1. The summed E-state index contributed by atoms with van der Waals surface area (Å²) in [5.41, 5.74) is 18.1. The van der Waals surface area contributed by atoms with Crippen LogP contribution in [-0.2, 0) is 0 Å². The normalized spacial score (nSPS) is 11.7. The molecule has 4 aromatic heterocycles. The lowest BCUT2D eigenvalue weighted by atomic mass is 9.92. The quantitative estimate of drug-likeness (QED) is 0.152. The number of aromatic nitrogens is 4. The summed E-state index contributed by atoms with van der Waals surface area (Å²) in [4.78, 5) is 15.3. The Bertz CT molecular complexity index is 4720. The fraction of sp³-hybridized carbons (Fsp3) is 0. The molecule has 0 aliphatic rings. The van der Waals surface area contributed by atoms with Crippen LogP contribution in [0.5, 0.6) is 0 Å². The maximum absolute atomic E-state index is 6.65. The highest BCUT2D eigenvalue weighted by Gasteiger charge is 2.21. The van der Waals surface area contributed by atoms with E-state index in [9.17, 15) is 0 Å². The van der Waals surface area contributed by atoms with Crippen molar-refractivity contribution in [3.05, 3.63) is 255 Å². The molecule has 0 amide bonds. The van der Waals surface area contributed by atoms with Crippen LogP contribution in [0.1, 0.15) is 0 Å². The molecule has 0 radical (unpaired) electrons. The van der Waals surface area contributed by atoms with Crippen LogP contribution in [0.15, 0.2) is 264 Å². The van der Waals surface area contributed by atoms with Gasteiger partial charge in [0.2, 0.25) is 0 Å². The number of hydrogen-bond donors (Lipinski definition) is 0. The van der Waals surface area contributed by atoms with Gasteiger partial charge in [-0.3, -0.25) is 0 Å². The van der Waals surface area contributed by atoms with E-state index < -0.39 is 0 Å². The maximum Gasteiger partial charge on any atom is 0.164 e. The van der Waals surface area contributed by atoms with Crippen molar-refractivity contribution < 1.29 is 8.83 Å². The number of benzene rings is 11. The molecule has 0 saturated carbocycles. The van der Waals surface area contributed by atoms with E-state index in [0.29, 0.717) is 17.5 Å². The van der Waals surface area contributed by atoms with Gasteiger partial charge in [0.15, 0.2) is 17.5 Å². The summed E-state index contributed by atoms with van der Waals surface area (Å²) in [6, 6.07) is 89.7. The summed E-state index contributed by atoms with van der Waals surface area (Å²) < 4.78 is 15.4. The number of rotatable bonds is 8. The maximum atomic E-state index is 6.65. The standard InChI is InChI=1S/C69H42N4O2/c1-3-17-43(18-4-1)49-38-50(40-51(39-49)54-29-16-31-60-57-27-9-12-34-63(57)75-66(54)60)53-28-15-30-59-55-25-7-10-32-61(55)73(65(53)59)52-24-14-22-46(41-52)45-21-13-23-47(37-45)68-70-67(44-19-5-2-6-20-44)71-69(72-68)48-35-36-58-56-26-8-11-33-62(56)74-64(58)42-48/h1-42H. The van der Waals surface area contributed by atoms with Crippen LogP contribution in [0.4, 0.5) is 0 Å². The molecule has 4 heterocycles. The van der Waals surface area contributed by atoms with Crippen LogP contribution in [-0.4, -0.2) is 19.5 Å². The third-order valence-corrected chi connectivity index (χ3v) is 14.6. The smallest absolute Gasteiger partial charge is 0.164 e. The lowest BCUT2D eigenvalue weighted by Gasteiger charge is -2.16. The van der Waals surface area contributed by atoms with Gasteiger partial charge >= 0.3 is 0 Å². The molecule has 0 N–H and O–H groups in total. The highest BCUT2D eigenvalue weighted by molar-refractivity contribution is 6.15. The van der Waals surface area contributed by atoms with Crippen molar-refractivity contribution in [2.24, 2.45) is 0 Å². The summed E-state index contributed by atoms with van der Waals surface area (Å²) >= 11 is 0. The second kappa shape index (κ2) is 17.3. The first-order chi connectivity index (χ1) is 37.1. The molecule has 0 aliphatic carbocycles. The van der Waals surface area contributed by atoms with Gasteiger partial charge in [-0.1, -0.05) is 188 Å². The van der Waals surface area contributed by atoms with Crippen molar-refractivity contribution in [1.82, 2.24) is 19.5 Å². The molecule has 15 aromatic rings. The Morgan fingerprint density at radius 1 is 0.267 bits per heavy atom. The molecule has 0 fully saturated rings. The van der Waals surface area contributed by atoms with E-state index in [1.165, 1.54) is 10.8 Å². The lowest BCUT2D eigenvalue weighted by molar-refractivity contribution is 0.669. The van der Waals surface area contributed by atoms with Crippen LogP contribution in [0.3, 0.4) is 0 Å². The molecule has 0 bridgehead atoms. The predicted octanol–water partition coefficient (Wildman–Crippen LogP) is 18.4. The van der Waals surface area contributed by atoms with Gasteiger partial charge in [0, 0.05) is 65.8 Å². The van der Waals surface area contributed by atoms with E-state index >= 15 is 0 Å². The topological polar surface area (TPSA) is 69.9 Å². The molecule has 350 valence electrons. The lowest BCUT2D eigenvalue weighted by Crippen LogP contribution is -2.00. The first kappa shape index (κ1) is 42.5. The van der Waals surface area contributed by atoms with Crippen LogP contribution in [0, 0.1) is 0 Å². The average molecular weight is 959 g/mol. The zero-order valence-electron chi connectivity index (χ0n) is 40.4. The molecule has 0 unspecified atom stereocenters. The minimum absolute atomic E-state index is 0.573. The van der Waals surface area contributed by atoms with Gasteiger partial charge in [0.1, 0.15) is 22.3 Å². The van der Waals surface area contributed by atoms with Gasteiger partial charge in [-0.2, -0.15) is 0 Å². The van der Waals surface area contributed by atoms with Crippen molar-refractivity contribution in [2.75, 3.05) is 0 Å². The number of fused-ring (bicyclic) bond motifs is 9. The zero-order valence-corrected chi connectivity index (χ0v) is 40.4. The van der Waals surface area contributed by atoms with E-state index in [1.807, 2.05) is 60.7 Å². The molecular formula is C69H42N4O2. The second-order valence-electron chi connectivity index (χ2n) is 19.1. The summed E-state index contributed by atoms with van der Waals surface area (Å²) in [5.74, 6) is 1.76. The van der Waals surface area contributed by atoms with Crippen molar-refractivity contribution >= 4 is 65.7 Å². The summed E-state index contributed by atoms with van der Waals surface area (Å²) in [6.07, 6.45) is 0. The van der Waals surface area contributed by atoms with E-state index in [1.54, 1.807) is 0 Å². The zero-order chi connectivity index (χ0) is 49.4. The van der Waals surface area contributed by atoms with Gasteiger partial charge in [-0.05, 0) is 100 Å². The van der Waals surface area contributed by atoms with Gasteiger partial charge in [-0.15, -0.1) is 0 Å². The molecule has 6 heteroatoms. The van der Waals surface area contributed by atoms with Crippen LogP contribution in [0.25, 0.3) is 150 Å². The van der Waals surface area contributed by atoms with Crippen LogP contribution >= 0.6 is 0 Å². The average Bonchev–Trinajstić information content (AvgIpc) is 4.17. The highest BCUT2D eigenvalue weighted by Crippen LogP contribution is 2.44. The predicted molar refractivity (Wildman–Crippen MR) is 307 cm³/mol. The Morgan fingerprint density at radius 2 is 0.760 bits per heavy atom. The first-order valence-electron chi connectivity index (χ1n) is 25.2. The molecule has 0 saturated heterocycles. The van der Waals surface area contributed by atoms with Crippen molar-refractivity contribution in [2.45, 2.75) is 0 Å². The number of nitrogens with zero attached hydrogens (tertiary/aromatic N) is 4. The minimum Gasteiger partial charge on any atom is -0.456 e. The summed E-state index contributed by atoms with van der Waals surface area (Å²) in [5, 5.41) is 6.72. The monoisotopic (exact) mass is 958 g/mol. The van der Waals surface area contributed by atoms with E-state index in [4.69, 9.17) is 23.8 Å². The van der Waals surface area contributed by atoms with Gasteiger partial charge in [0.05, 0.1) is 11.0 Å². The Balaban J connectivity index is 0.874. The molecule has 75 heavy (non-hydrogen) atoms. The van der Waals surface area contributed by atoms with Crippen molar-refractivity contribution in [3.63, 3.8) is 0 Å². The van der Waals surface area contributed by atoms with Crippen LogP contribution < -0.4 is 0 Å². The second-order valence-corrected chi connectivity index (χ2v) is 19.1. The molecule has 15 rings (SSSR count).